The molecule has 2 unspecified atom stereocenters. The number of aliphatic hydroxyl groups is 1. The van der Waals surface area contributed by atoms with E-state index in [2.05, 4.69) is 0 Å². The molecule has 0 aliphatic carbocycles. The second kappa shape index (κ2) is 6.41. The molecule has 2 rings (SSSR count). The average molecular weight is 313 g/mol. The van der Waals surface area contributed by atoms with Crippen LogP contribution in [-0.2, 0) is 0 Å². The van der Waals surface area contributed by atoms with Crippen LogP contribution in [-0.4, -0.2) is 40.0 Å². The van der Waals surface area contributed by atoms with E-state index >= 15 is 0 Å². The van der Waals surface area contributed by atoms with Crippen LogP contribution in [0.2, 0.25) is 5.02 Å². The van der Waals surface area contributed by atoms with Crippen molar-refractivity contribution in [1.29, 1.82) is 0 Å². The fourth-order valence-electron chi connectivity index (χ4n) is 2.56. The number of likely N-dealkylation sites (tertiary alicyclic amines) is 1. The van der Waals surface area contributed by atoms with E-state index in [1.54, 1.807) is 4.90 Å². The van der Waals surface area contributed by atoms with Crippen LogP contribution in [0.3, 0.4) is 0 Å². The van der Waals surface area contributed by atoms with E-state index in [1.807, 2.05) is 6.92 Å². The molecular weight excluding hydrogens is 296 g/mol. The normalized spacial score (nSPS) is 22.1. The lowest BCUT2D eigenvalue weighted by Crippen LogP contribution is -2.46. The molecule has 1 heterocycles. The third-order valence-electron chi connectivity index (χ3n) is 3.89. The summed E-state index contributed by atoms with van der Waals surface area (Å²) in [6.07, 6.45) is 1.71. The first-order valence-electron chi connectivity index (χ1n) is 6.79. The number of nitro benzene ring substituents is 1. The lowest BCUT2D eigenvalue weighted by Gasteiger charge is -2.37. The Morgan fingerprint density at radius 3 is 2.81 bits per heavy atom. The summed E-state index contributed by atoms with van der Waals surface area (Å²) in [6, 6.07) is 3.91. The Bertz CT molecular complexity index is 564. The van der Waals surface area contributed by atoms with Gasteiger partial charge in [-0.1, -0.05) is 11.6 Å². The predicted octanol–water partition coefficient (Wildman–Crippen LogP) is 2.48. The van der Waals surface area contributed by atoms with Gasteiger partial charge in [-0.25, -0.2) is 0 Å². The standard InChI is InChI=1S/C14H17ClN2O4/c1-9-2-3-10(8-18)7-16(9)14(19)12-5-4-11(17(20)21)6-13(12)15/h4-6,9-10,18H,2-3,7-8H2,1H3. The maximum Gasteiger partial charge on any atom is 0.270 e. The Kier molecular flexibility index (Phi) is 4.80. The first-order chi connectivity index (χ1) is 9.93. The monoisotopic (exact) mass is 312 g/mol. The summed E-state index contributed by atoms with van der Waals surface area (Å²) in [6.45, 7) is 2.47. The summed E-state index contributed by atoms with van der Waals surface area (Å²) in [5, 5.41) is 20.0. The number of nitro groups is 1. The minimum Gasteiger partial charge on any atom is -0.396 e. The van der Waals surface area contributed by atoms with Gasteiger partial charge in [0.2, 0.25) is 0 Å². The summed E-state index contributed by atoms with van der Waals surface area (Å²) in [4.78, 5) is 24.4. The van der Waals surface area contributed by atoms with E-state index in [9.17, 15) is 20.0 Å². The maximum absolute atomic E-state index is 12.6. The molecule has 1 aliphatic heterocycles. The molecule has 114 valence electrons. The lowest BCUT2D eigenvalue weighted by atomic mass is 9.93. The minimum atomic E-state index is -0.550. The van der Waals surface area contributed by atoms with Gasteiger partial charge >= 0.3 is 0 Å². The molecule has 1 aromatic carbocycles. The van der Waals surface area contributed by atoms with Gasteiger partial charge in [0.25, 0.3) is 11.6 Å². The summed E-state index contributed by atoms with van der Waals surface area (Å²) in [7, 11) is 0. The van der Waals surface area contributed by atoms with Crippen molar-refractivity contribution in [3.63, 3.8) is 0 Å². The zero-order chi connectivity index (χ0) is 15.6. The Morgan fingerprint density at radius 2 is 2.24 bits per heavy atom. The van der Waals surface area contributed by atoms with Crippen molar-refractivity contribution >= 4 is 23.2 Å². The van der Waals surface area contributed by atoms with Gasteiger partial charge in [-0.05, 0) is 31.7 Å². The summed E-state index contributed by atoms with van der Waals surface area (Å²) >= 11 is 6.00. The summed E-state index contributed by atoms with van der Waals surface area (Å²) in [5.41, 5.74) is 0.115. The molecule has 1 saturated heterocycles. The third kappa shape index (κ3) is 3.33. The number of nitrogens with zero attached hydrogens (tertiary/aromatic N) is 2. The van der Waals surface area contributed by atoms with Crippen LogP contribution in [0, 0.1) is 16.0 Å². The Labute approximate surface area is 127 Å². The van der Waals surface area contributed by atoms with Crippen LogP contribution >= 0.6 is 11.6 Å². The van der Waals surface area contributed by atoms with Gasteiger partial charge in [0.1, 0.15) is 0 Å². The number of rotatable bonds is 3. The first kappa shape index (κ1) is 15.7. The number of carbonyl (C=O) groups excluding carboxylic acids is 1. The molecular formula is C14H17ClN2O4. The third-order valence-corrected chi connectivity index (χ3v) is 4.21. The number of amides is 1. The quantitative estimate of drug-likeness (QED) is 0.686. The highest BCUT2D eigenvalue weighted by Gasteiger charge is 2.30. The molecule has 21 heavy (non-hydrogen) atoms. The van der Waals surface area contributed by atoms with Crippen molar-refractivity contribution in [2.75, 3.05) is 13.2 Å². The summed E-state index contributed by atoms with van der Waals surface area (Å²) < 4.78 is 0. The van der Waals surface area contributed by atoms with E-state index in [1.165, 1.54) is 18.2 Å². The zero-order valence-corrected chi connectivity index (χ0v) is 12.4. The van der Waals surface area contributed by atoms with Crippen molar-refractivity contribution in [2.24, 2.45) is 5.92 Å². The molecule has 0 bridgehead atoms. The lowest BCUT2D eigenvalue weighted by molar-refractivity contribution is -0.384. The van der Waals surface area contributed by atoms with Gasteiger partial charge in [-0.2, -0.15) is 0 Å². The zero-order valence-electron chi connectivity index (χ0n) is 11.7. The molecule has 2 atom stereocenters. The van der Waals surface area contributed by atoms with E-state index in [4.69, 9.17) is 11.6 Å². The molecule has 0 spiro atoms. The predicted molar refractivity (Wildman–Crippen MR) is 78.4 cm³/mol. The fraction of sp³-hybridized carbons (Fsp3) is 0.500. The Hall–Kier alpha value is -1.66. The Morgan fingerprint density at radius 1 is 1.52 bits per heavy atom. The van der Waals surface area contributed by atoms with Crippen LogP contribution in [0.4, 0.5) is 5.69 Å². The molecule has 1 aliphatic rings. The number of halogens is 1. The van der Waals surface area contributed by atoms with Crippen LogP contribution in [0.15, 0.2) is 18.2 Å². The molecule has 1 aromatic rings. The first-order valence-corrected chi connectivity index (χ1v) is 7.17. The van der Waals surface area contributed by atoms with Crippen molar-refractivity contribution in [3.05, 3.63) is 38.9 Å². The van der Waals surface area contributed by atoms with Gasteiger partial charge in [0.15, 0.2) is 0 Å². The summed E-state index contributed by atoms with van der Waals surface area (Å²) in [5.74, 6) is -0.178. The number of hydrogen-bond donors (Lipinski definition) is 1. The Balaban J connectivity index is 2.24. The largest absolute Gasteiger partial charge is 0.396 e. The molecule has 1 N–H and O–H groups in total. The maximum atomic E-state index is 12.6. The van der Waals surface area contributed by atoms with Crippen LogP contribution in [0.1, 0.15) is 30.1 Å². The van der Waals surface area contributed by atoms with E-state index in [0.717, 1.165) is 12.8 Å². The second-order valence-electron chi connectivity index (χ2n) is 5.35. The van der Waals surface area contributed by atoms with Crippen molar-refractivity contribution < 1.29 is 14.8 Å². The van der Waals surface area contributed by atoms with Gasteiger partial charge in [-0.15, -0.1) is 0 Å². The highest BCUT2D eigenvalue weighted by molar-refractivity contribution is 6.34. The topological polar surface area (TPSA) is 83.7 Å². The van der Waals surface area contributed by atoms with Crippen molar-refractivity contribution in [1.82, 2.24) is 4.90 Å². The number of piperidine rings is 1. The van der Waals surface area contributed by atoms with Gasteiger partial charge in [0, 0.05) is 31.3 Å². The number of benzene rings is 1. The molecule has 1 fully saturated rings. The average Bonchev–Trinajstić information content (AvgIpc) is 2.47. The SMILES string of the molecule is CC1CCC(CO)CN1C(=O)c1ccc([N+](=O)[O-])cc1Cl. The number of hydrogen-bond acceptors (Lipinski definition) is 4. The molecule has 0 saturated carbocycles. The second-order valence-corrected chi connectivity index (χ2v) is 5.76. The van der Waals surface area contributed by atoms with Gasteiger partial charge in [0.05, 0.1) is 15.5 Å². The fourth-order valence-corrected chi connectivity index (χ4v) is 2.82. The van der Waals surface area contributed by atoms with E-state index in [-0.39, 0.29) is 40.7 Å². The van der Waals surface area contributed by atoms with Crippen molar-refractivity contribution in [2.45, 2.75) is 25.8 Å². The van der Waals surface area contributed by atoms with E-state index < -0.39 is 4.92 Å². The van der Waals surface area contributed by atoms with Crippen LogP contribution in [0.5, 0.6) is 0 Å². The molecule has 6 nitrogen and oxygen atoms in total. The molecule has 1 amide bonds. The van der Waals surface area contributed by atoms with E-state index in [0.29, 0.717) is 6.54 Å². The molecule has 7 heteroatoms. The van der Waals surface area contributed by atoms with Crippen LogP contribution < -0.4 is 0 Å². The number of aliphatic hydroxyl groups excluding tert-OH is 1. The van der Waals surface area contributed by atoms with Crippen molar-refractivity contribution in [3.8, 4) is 0 Å². The molecule has 0 radical (unpaired) electrons. The minimum absolute atomic E-state index is 0.0461. The highest BCUT2D eigenvalue weighted by atomic mass is 35.5. The number of non-ortho nitro benzene ring substituents is 1. The number of carbonyl (C=O) groups is 1. The van der Waals surface area contributed by atoms with Gasteiger partial charge < -0.3 is 10.0 Å². The van der Waals surface area contributed by atoms with Crippen LogP contribution in [0.25, 0.3) is 0 Å². The molecule has 0 aromatic heterocycles. The van der Waals surface area contributed by atoms with Gasteiger partial charge in [-0.3, -0.25) is 14.9 Å². The smallest absolute Gasteiger partial charge is 0.270 e. The highest BCUT2D eigenvalue weighted by Crippen LogP contribution is 2.28.